The van der Waals surface area contributed by atoms with E-state index in [1.807, 2.05) is 64.4 Å². The highest BCUT2D eigenvalue weighted by molar-refractivity contribution is 6.64. The van der Waals surface area contributed by atoms with Crippen molar-refractivity contribution < 1.29 is 14.0 Å². The molecule has 0 N–H and O–H groups in total. The Morgan fingerprint density at radius 2 is 1.82 bits per heavy atom. The third kappa shape index (κ3) is 2.50. The summed E-state index contributed by atoms with van der Waals surface area (Å²) in [6.45, 7) is 12.2. The lowest BCUT2D eigenvalue weighted by Gasteiger charge is -2.32. The maximum atomic E-state index is 6.12. The molecule has 0 saturated carbocycles. The number of rotatable bonds is 3. The van der Waals surface area contributed by atoms with Crippen LogP contribution in [0.2, 0.25) is 0 Å². The Morgan fingerprint density at radius 1 is 1.18 bits per heavy atom. The van der Waals surface area contributed by atoms with Gasteiger partial charge in [0, 0.05) is 23.9 Å². The summed E-state index contributed by atoms with van der Waals surface area (Å²) in [5.74, 6) is 0.820. The van der Waals surface area contributed by atoms with E-state index in [0.29, 0.717) is 0 Å². The Hall–Kier alpha value is -1.53. The molecule has 5 nitrogen and oxygen atoms in total. The number of hydrogen-bond donors (Lipinski definition) is 0. The predicted molar refractivity (Wildman–Crippen MR) is 86.7 cm³/mol. The molecule has 0 aromatic carbocycles. The lowest BCUT2D eigenvalue weighted by Crippen LogP contribution is -2.41. The molecule has 2 aromatic rings. The molecule has 1 saturated heterocycles. The van der Waals surface area contributed by atoms with Gasteiger partial charge in [0.05, 0.1) is 22.8 Å². The van der Waals surface area contributed by atoms with Crippen molar-refractivity contribution in [3.05, 3.63) is 24.5 Å². The molecule has 0 amide bonds. The fourth-order valence-electron chi connectivity index (χ4n) is 2.48. The summed E-state index contributed by atoms with van der Waals surface area (Å²) in [5, 5.41) is 4.38. The van der Waals surface area contributed by atoms with E-state index in [1.165, 1.54) is 0 Å². The molecule has 0 atom stereocenters. The van der Waals surface area contributed by atoms with Gasteiger partial charge in [-0.15, -0.1) is 0 Å². The molecule has 3 rings (SSSR count). The summed E-state index contributed by atoms with van der Waals surface area (Å²) >= 11 is 0. The number of ether oxygens (including phenoxy) is 1. The molecule has 0 unspecified atom stereocenters. The van der Waals surface area contributed by atoms with Gasteiger partial charge >= 0.3 is 7.12 Å². The van der Waals surface area contributed by atoms with Gasteiger partial charge < -0.3 is 14.0 Å². The molecule has 1 fully saturated rings. The Bertz CT molecular complexity index is 678. The van der Waals surface area contributed by atoms with Gasteiger partial charge in [0.2, 0.25) is 0 Å². The van der Waals surface area contributed by atoms with Gasteiger partial charge in [-0.25, -0.2) is 4.52 Å². The highest BCUT2D eigenvalue weighted by atomic mass is 16.7. The molecule has 118 valence electrons. The molecule has 0 aliphatic carbocycles. The topological polar surface area (TPSA) is 45.0 Å². The monoisotopic (exact) mass is 302 g/mol. The number of pyridine rings is 1. The van der Waals surface area contributed by atoms with Gasteiger partial charge in [0.25, 0.3) is 0 Å². The summed E-state index contributed by atoms with van der Waals surface area (Å²) in [6.07, 6.45) is 3.82. The first-order valence-electron chi connectivity index (χ1n) is 7.69. The first kappa shape index (κ1) is 15.4. The van der Waals surface area contributed by atoms with Crippen molar-refractivity contribution in [2.75, 3.05) is 0 Å². The first-order chi connectivity index (χ1) is 10.2. The van der Waals surface area contributed by atoms with Crippen LogP contribution in [0.25, 0.3) is 5.52 Å². The molecule has 22 heavy (non-hydrogen) atoms. The zero-order chi connectivity index (χ0) is 16.1. The van der Waals surface area contributed by atoms with Crippen molar-refractivity contribution in [1.82, 2.24) is 9.61 Å². The second-order valence-corrected chi connectivity index (χ2v) is 7.05. The van der Waals surface area contributed by atoms with Crippen molar-refractivity contribution in [1.29, 1.82) is 0 Å². The molecule has 0 radical (unpaired) electrons. The van der Waals surface area contributed by atoms with Gasteiger partial charge in [-0.1, -0.05) is 0 Å². The normalized spacial score (nSPS) is 20.0. The quantitative estimate of drug-likeness (QED) is 0.817. The second-order valence-electron chi connectivity index (χ2n) is 7.05. The highest BCUT2D eigenvalue weighted by Gasteiger charge is 2.52. The molecule has 0 spiro atoms. The van der Waals surface area contributed by atoms with Crippen molar-refractivity contribution in [3.63, 3.8) is 0 Å². The van der Waals surface area contributed by atoms with Crippen LogP contribution in [-0.2, 0) is 9.31 Å². The fraction of sp³-hybridized carbons (Fsp3) is 0.562. The SMILES string of the molecule is CC(C)Oc1ccn2ncc(B3OC(C)(C)C(C)(C)O3)c2c1. The fourth-order valence-corrected chi connectivity index (χ4v) is 2.48. The Kier molecular flexibility index (Phi) is 3.49. The molecule has 3 heterocycles. The molecule has 1 aliphatic rings. The third-order valence-electron chi connectivity index (χ3n) is 4.40. The molecular weight excluding hydrogens is 279 g/mol. The van der Waals surface area contributed by atoms with Crippen LogP contribution in [0, 0.1) is 0 Å². The van der Waals surface area contributed by atoms with Crippen molar-refractivity contribution in [2.45, 2.75) is 58.8 Å². The largest absolute Gasteiger partial charge is 0.498 e. The van der Waals surface area contributed by atoms with Crippen LogP contribution in [0.3, 0.4) is 0 Å². The van der Waals surface area contributed by atoms with Crippen LogP contribution >= 0.6 is 0 Å². The zero-order valence-corrected chi connectivity index (χ0v) is 14.1. The number of aromatic nitrogens is 2. The Labute approximate surface area is 131 Å². The number of hydrogen-bond acceptors (Lipinski definition) is 4. The molecule has 6 heteroatoms. The first-order valence-corrected chi connectivity index (χ1v) is 7.69. The summed E-state index contributed by atoms with van der Waals surface area (Å²) in [6, 6.07) is 3.89. The van der Waals surface area contributed by atoms with Crippen LogP contribution in [0.5, 0.6) is 5.75 Å². The molecule has 2 aromatic heterocycles. The summed E-state index contributed by atoms with van der Waals surface area (Å²) in [5.41, 5.74) is 1.14. The maximum absolute atomic E-state index is 6.12. The van der Waals surface area contributed by atoms with E-state index in [9.17, 15) is 0 Å². The van der Waals surface area contributed by atoms with E-state index < -0.39 is 7.12 Å². The minimum Gasteiger partial charge on any atom is -0.491 e. The van der Waals surface area contributed by atoms with E-state index in [4.69, 9.17) is 14.0 Å². The van der Waals surface area contributed by atoms with Crippen molar-refractivity contribution in [3.8, 4) is 5.75 Å². The standard InChI is InChI=1S/C16H23BN2O3/c1-11(2)20-12-7-8-19-14(9-12)13(10-18-19)17-21-15(3,4)16(5,6)22-17/h7-11H,1-6H3. The smallest absolute Gasteiger partial charge is 0.491 e. The van der Waals surface area contributed by atoms with Crippen LogP contribution < -0.4 is 10.2 Å². The second kappa shape index (κ2) is 5.00. The van der Waals surface area contributed by atoms with Crippen molar-refractivity contribution >= 4 is 18.1 Å². The Morgan fingerprint density at radius 3 is 2.41 bits per heavy atom. The Balaban J connectivity index is 1.98. The minimum atomic E-state index is -0.420. The molecule has 1 aliphatic heterocycles. The van der Waals surface area contributed by atoms with Gasteiger partial charge in [0.15, 0.2) is 0 Å². The van der Waals surface area contributed by atoms with E-state index in [-0.39, 0.29) is 17.3 Å². The van der Waals surface area contributed by atoms with Crippen LogP contribution in [0.4, 0.5) is 0 Å². The van der Waals surface area contributed by atoms with Crippen LogP contribution in [0.15, 0.2) is 24.5 Å². The van der Waals surface area contributed by atoms with Gasteiger partial charge in [-0.05, 0) is 47.6 Å². The lowest BCUT2D eigenvalue weighted by atomic mass is 9.80. The van der Waals surface area contributed by atoms with Crippen LogP contribution in [0.1, 0.15) is 41.5 Å². The average molecular weight is 302 g/mol. The molecule has 0 bridgehead atoms. The predicted octanol–water partition coefficient (Wildman–Crippen LogP) is 2.42. The van der Waals surface area contributed by atoms with E-state index >= 15 is 0 Å². The summed E-state index contributed by atoms with van der Waals surface area (Å²) < 4.78 is 19.8. The average Bonchev–Trinajstić information content (AvgIpc) is 2.87. The number of nitrogens with zero attached hydrogens (tertiary/aromatic N) is 2. The van der Waals surface area contributed by atoms with Crippen molar-refractivity contribution in [2.24, 2.45) is 0 Å². The van der Waals surface area contributed by atoms with E-state index in [2.05, 4.69) is 5.10 Å². The lowest BCUT2D eigenvalue weighted by molar-refractivity contribution is 0.00578. The number of fused-ring (bicyclic) bond motifs is 1. The van der Waals surface area contributed by atoms with E-state index in [0.717, 1.165) is 16.7 Å². The summed E-state index contributed by atoms with van der Waals surface area (Å²) in [7, 11) is -0.420. The van der Waals surface area contributed by atoms with Crippen LogP contribution in [-0.4, -0.2) is 34.0 Å². The van der Waals surface area contributed by atoms with E-state index in [1.54, 1.807) is 6.20 Å². The van der Waals surface area contributed by atoms with Gasteiger partial charge in [-0.3, -0.25) is 0 Å². The third-order valence-corrected chi connectivity index (χ3v) is 4.40. The molecular formula is C16H23BN2O3. The zero-order valence-electron chi connectivity index (χ0n) is 14.1. The van der Waals surface area contributed by atoms with Gasteiger partial charge in [0.1, 0.15) is 5.75 Å². The minimum absolute atomic E-state index is 0.130. The highest BCUT2D eigenvalue weighted by Crippen LogP contribution is 2.36. The summed E-state index contributed by atoms with van der Waals surface area (Å²) in [4.78, 5) is 0. The van der Waals surface area contributed by atoms with Gasteiger partial charge in [-0.2, -0.15) is 5.10 Å². The maximum Gasteiger partial charge on any atom is 0.498 e.